The standard InChI is InChI=1S/C11H9BrF2N2OS2/c12-7-3-6(13)4-8(14)10(7)16-9(17)5-19-11-15-1-2-18-11/h3-4H,1-2,5H2,(H,16,17). The van der Waals surface area contributed by atoms with Crippen LogP contribution in [0.5, 0.6) is 0 Å². The minimum absolute atomic E-state index is 0.0481. The first-order valence-corrected chi connectivity index (χ1v) is 8.07. The summed E-state index contributed by atoms with van der Waals surface area (Å²) in [6.45, 7) is 0.771. The van der Waals surface area contributed by atoms with Crippen molar-refractivity contribution >= 4 is 55.4 Å². The molecule has 0 bridgehead atoms. The zero-order valence-electron chi connectivity index (χ0n) is 9.58. The van der Waals surface area contributed by atoms with Crippen LogP contribution in [0.15, 0.2) is 21.6 Å². The molecule has 1 amide bonds. The van der Waals surface area contributed by atoms with Gasteiger partial charge in [0, 0.05) is 16.3 Å². The Morgan fingerprint density at radius 3 is 2.95 bits per heavy atom. The van der Waals surface area contributed by atoms with Crippen LogP contribution < -0.4 is 5.32 Å². The van der Waals surface area contributed by atoms with Crippen molar-refractivity contribution in [1.29, 1.82) is 0 Å². The molecule has 1 aromatic carbocycles. The summed E-state index contributed by atoms with van der Waals surface area (Å²) >= 11 is 5.93. The van der Waals surface area contributed by atoms with Crippen LogP contribution in [0.3, 0.4) is 0 Å². The highest BCUT2D eigenvalue weighted by Gasteiger charge is 2.14. The van der Waals surface area contributed by atoms with E-state index in [1.165, 1.54) is 11.8 Å². The first-order chi connectivity index (χ1) is 9.06. The van der Waals surface area contributed by atoms with Gasteiger partial charge in [0.25, 0.3) is 0 Å². The molecule has 1 aliphatic rings. The average Bonchev–Trinajstić information content (AvgIpc) is 2.84. The number of carbonyl (C=O) groups excluding carboxylic acids is 1. The second-order valence-electron chi connectivity index (χ2n) is 3.58. The summed E-state index contributed by atoms with van der Waals surface area (Å²) in [6.07, 6.45) is 0. The number of nitrogens with zero attached hydrogens (tertiary/aromatic N) is 1. The Morgan fingerprint density at radius 2 is 2.32 bits per heavy atom. The zero-order chi connectivity index (χ0) is 13.8. The highest BCUT2D eigenvalue weighted by atomic mass is 79.9. The molecule has 0 atom stereocenters. The van der Waals surface area contributed by atoms with Crippen LogP contribution in [0.2, 0.25) is 0 Å². The monoisotopic (exact) mass is 366 g/mol. The number of halogens is 3. The molecule has 0 unspecified atom stereocenters. The molecule has 1 aliphatic heterocycles. The lowest BCUT2D eigenvalue weighted by Crippen LogP contribution is -2.16. The fourth-order valence-electron chi connectivity index (χ4n) is 1.37. The fraction of sp³-hybridized carbons (Fsp3) is 0.273. The predicted molar refractivity (Wildman–Crippen MR) is 79.9 cm³/mol. The second-order valence-corrected chi connectivity index (χ2v) is 6.74. The van der Waals surface area contributed by atoms with Gasteiger partial charge in [-0.3, -0.25) is 9.79 Å². The Hall–Kier alpha value is -0.600. The van der Waals surface area contributed by atoms with Gasteiger partial charge in [-0.2, -0.15) is 0 Å². The Labute approximate surface area is 125 Å². The molecule has 0 saturated heterocycles. The molecule has 8 heteroatoms. The summed E-state index contributed by atoms with van der Waals surface area (Å²) in [5.74, 6) is -0.783. The highest BCUT2D eigenvalue weighted by Crippen LogP contribution is 2.27. The molecule has 0 radical (unpaired) electrons. The largest absolute Gasteiger partial charge is 0.322 e. The van der Waals surface area contributed by atoms with E-state index in [4.69, 9.17) is 0 Å². The fourth-order valence-corrected chi connectivity index (χ4v) is 3.68. The van der Waals surface area contributed by atoms with E-state index in [-0.39, 0.29) is 21.8 Å². The summed E-state index contributed by atoms with van der Waals surface area (Å²) in [7, 11) is 0. The summed E-state index contributed by atoms with van der Waals surface area (Å²) in [6, 6.07) is 1.83. The first-order valence-electron chi connectivity index (χ1n) is 5.30. The van der Waals surface area contributed by atoms with Gasteiger partial charge in [-0.1, -0.05) is 23.5 Å². The molecule has 102 valence electrons. The maximum Gasteiger partial charge on any atom is 0.234 e. The lowest BCUT2D eigenvalue weighted by Gasteiger charge is -2.08. The molecular formula is C11H9BrF2N2OS2. The third kappa shape index (κ3) is 4.19. The van der Waals surface area contributed by atoms with Gasteiger partial charge in [0.15, 0.2) is 5.82 Å². The van der Waals surface area contributed by atoms with Crippen molar-refractivity contribution in [3.63, 3.8) is 0 Å². The second kappa shape index (κ2) is 6.71. The summed E-state index contributed by atoms with van der Waals surface area (Å²) in [5.41, 5.74) is -0.0481. The van der Waals surface area contributed by atoms with Gasteiger partial charge >= 0.3 is 0 Å². The lowest BCUT2D eigenvalue weighted by molar-refractivity contribution is -0.113. The van der Waals surface area contributed by atoms with E-state index < -0.39 is 11.6 Å². The molecule has 0 saturated carbocycles. The van der Waals surface area contributed by atoms with E-state index >= 15 is 0 Å². The number of hydrogen-bond acceptors (Lipinski definition) is 4. The van der Waals surface area contributed by atoms with E-state index in [9.17, 15) is 13.6 Å². The normalized spacial score (nSPS) is 14.4. The molecular weight excluding hydrogens is 358 g/mol. The van der Waals surface area contributed by atoms with Crippen molar-refractivity contribution in [2.75, 3.05) is 23.4 Å². The van der Waals surface area contributed by atoms with Crippen molar-refractivity contribution < 1.29 is 13.6 Å². The van der Waals surface area contributed by atoms with Crippen molar-refractivity contribution in [2.45, 2.75) is 0 Å². The molecule has 0 spiro atoms. The van der Waals surface area contributed by atoms with Crippen molar-refractivity contribution in [3.05, 3.63) is 28.2 Å². The molecule has 1 aromatic rings. The molecule has 1 N–H and O–H groups in total. The van der Waals surface area contributed by atoms with E-state index in [1.807, 2.05) is 0 Å². The van der Waals surface area contributed by atoms with Crippen LogP contribution in [-0.2, 0) is 4.79 Å². The quantitative estimate of drug-likeness (QED) is 0.889. The van der Waals surface area contributed by atoms with Gasteiger partial charge < -0.3 is 5.32 Å². The number of thioether (sulfide) groups is 2. The van der Waals surface area contributed by atoms with E-state index in [1.54, 1.807) is 11.8 Å². The summed E-state index contributed by atoms with van der Waals surface area (Å²) in [5, 5.41) is 2.42. The topological polar surface area (TPSA) is 41.5 Å². The van der Waals surface area contributed by atoms with Gasteiger partial charge in [-0.05, 0) is 22.0 Å². The van der Waals surface area contributed by atoms with Crippen LogP contribution in [0, 0.1) is 11.6 Å². The van der Waals surface area contributed by atoms with E-state index in [0.717, 1.165) is 28.8 Å². The Kier molecular flexibility index (Phi) is 5.23. The molecule has 3 nitrogen and oxygen atoms in total. The van der Waals surface area contributed by atoms with Gasteiger partial charge in [-0.15, -0.1) is 0 Å². The van der Waals surface area contributed by atoms with Gasteiger partial charge in [0.2, 0.25) is 5.91 Å². The minimum Gasteiger partial charge on any atom is -0.322 e. The Morgan fingerprint density at radius 1 is 1.53 bits per heavy atom. The third-order valence-electron chi connectivity index (χ3n) is 2.16. The first kappa shape index (κ1) is 14.8. The molecule has 0 aromatic heterocycles. The van der Waals surface area contributed by atoms with Crippen molar-refractivity contribution in [2.24, 2.45) is 4.99 Å². The van der Waals surface area contributed by atoms with Crippen LogP contribution in [0.4, 0.5) is 14.5 Å². The number of benzene rings is 1. The zero-order valence-corrected chi connectivity index (χ0v) is 12.8. The lowest BCUT2D eigenvalue weighted by atomic mass is 10.3. The maximum atomic E-state index is 13.5. The number of rotatable bonds is 3. The number of aliphatic imine (C=N–C) groups is 1. The summed E-state index contributed by atoms with van der Waals surface area (Å²) in [4.78, 5) is 15.9. The molecule has 19 heavy (non-hydrogen) atoms. The van der Waals surface area contributed by atoms with Gasteiger partial charge in [0.05, 0.1) is 18.0 Å². The highest BCUT2D eigenvalue weighted by molar-refractivity contribution is 9.10. The van der Waals surface area contributed by atoms with Gasteiger partial charge in [-0.25, -0.2) is 8.78 Å². The van der Waals surface area contributed by atoms with Crippen molar-refractivity contribution in [1.82, 2.24) is 0 Å². The smallest absolute Gasteiger partial charge is 0.234 e. The van der Waals surface area contributed by atoms with Crippen LogP contribution in [0.1, 0.15) is 0 Å². The predicted octanol–water partition coefficient (Wildman–Crippen LogP) is 3.50. The van der Waals surface area contributed by atoms with Crippen LogP contribution >= 0.6 is 39.5 Å². The minimum atomic E-state index is -0.808. The number of anilines is 1. The van der Waals surface area contributed by atoms with Crippen LogP contribution in [-0.4, -0.2) is 28.3 Å². The Bertz CT molecular complexity index is 516. The van der Waals surface area contributed by atoms with Gasteiger partial charge in [0.1, 0.15) is 10.2 Å². The molecule has 0 fully saturated rings. The van der Waals surface area contributed by atoms with E-state index in [2.05, 4.69) is 26.2 Å². The molecule has 1 heterocycles. The number of nitrogens with one attached hydrogen (secondary N) is 1. The molecule has 0 aliphatic carbocycles. The van der Waals surface area contributed by atoms with E-state index in [0.29, 0.717) is 0 Å². The van der Waals surface area contributed by atoms with Crippen LogP contribution in [0.25, 0.3) is 0 Å². The SMILES string of the molecule is O=C(CSC1=NCCS1)Nc1c(F)cc(F)cc1Br. The summed E-state index contributed by atoms with van der Waals surface area (Å²) < 4.78 is 27.4. The third-order valence-corrected chi connectivity index (χ3v) is 5.03. The number of carbonyl (C=O) groups is 1. The molecule has 2 rings (SSSR count). The Balaban J connectivity index is 1.95. The number of amides is 1. The average molecular weight is 367 g/mol. The van der Waals surface area contributed by atoms with Crippen molar-refractivity contribution in [3.8, 4) is 0 Å². The number of hydrogen-bond donors (Lipinski definition) is 1. The maximum absolute atomic E-state index is 13.5.